The Morgan fingerprint density at radius 3 is 2.89 bits per heavy atom. The van der Waals surface area contributed by atoms with E-state index in [2.05, 4.69) is 23.0 Å². The summed E-state index contributed by atoms with van der Waals surface area (Å²) in [6, 6.07) is 11.5. The van der Waals surface area contributed by atoms with Gasteiger partial charge in [0, 0.05) is 30.5 Å². The summed E-state index contributed by atoms with van der Waals surface area (Å²) in [6.07, 6.45) is 3.67. The molecule has 100 valence electrons. The molecular formula is C15H17ClN2O. The maximum Gasteiger partial charge on any atom is 0.120 e. The van der Waals surface area contributed by atoms with Crippen molar-refractivity contribution in [3.05, 3.63) is 59.4 Å². The number of nitrogens with zero attached hydrogens (tertiary/aromatic N) is 2. The predicted molar refractivity (Wildman–Crippen MR) is 77.5 cm³/mol. The molecule has 19 heavy (non-hydrogen) atoms. The second kappa shape index (κ2) is 7.12. The molecule has 1 heterocycles. The number of pyridine rings is 1. The van der Waals surface area contributed by atoms with Crippen molar-refractivity contribution in [3.63, 3.8) is 0 Å². The van der Waals surface area contributed by atoms with Gasteiger partial charge in [0.2, 0.25) is 0 Å². The Labute approximate surface area is 118 Å². The number of ether oxygens (including phenoxy) is 1. The van der Waals surface area contributed by atoms with E-state index in [1.54, 1.807) is 6.20 Å². The van der Waals surface area contributed by atoms with E-state index in [0.717, 1.165) is 18.8 Å². The summed E-state index contributed by atoms with van der Waals surface area (Å²) in [6.45, 7) is 2.35. The molecule has 2 aromatic rings. The van der Waals surface area contributed by atoms with Crippen molar-refractivity contribution >= 4 is 11.6 Å². The Hall–Kier alpha value is -1.58. The van der Waals surface area contributed by atoms with E-state index >= 15 is 0 Å². The summed E-state index contributed by atoms with van der Waals surface area (Å²) in [5, 5.41) is 0.696. The molecule has 0 saturated heterocycles. The quantitative estimate of drug-likeness (QED) is 0.810. The minimum absolute atomic E-state index is 0.636. The molecule has 0 aliphatic rings. The highest BCUT2D eigenvalue weighted by molar-refractivity contribution is 6.30. The highest BCUT2D eigenvalue weighted by Gasteiger charge is 2.01. The lowest BCUT2D eigenvalue weighted by Crippen LogP contribution is -2.23. The lowest BCUT2D eigenvalue weighted by atomic mass is 10.3. The molecule has 0 amide bonds. The molecule has 0 saturated carbocycles. The molecular weight excluding hydrogens is 260 g/mol. The van der Waals surface area contributed by atoms with Gasteiger partial charge in [0.1, 0.15) is 12.4 Å². The van der Waals surface area contributed by atoms with Crippen molar-refractivity contribution in [1.29, 1.82) is 0 Å². The number of likely N-dealkylation sites (N-methyl/N-ethyl adjacent to an activating group) is 1. The van der Waals surface area contributed by atoms with E-state index in [9.17, 15) is 0 Å². The van der Waals surface area contributed by atoms with Crippen molar-refractivity contribution in [2.24, 2.45) is 0 Å². The van der Waals surface area contributed by atoms with Crippen LogP contribution in [0.2, 0.25) is 5.02 Å². The first kappa shape index (κ1) is 13.8. The predicted octanol–water partition coefficient (Wildman–Crippen LogP) is 3.25. The summed E-state index contributed by atoms with van der Waals surface area (Å²) in [7, 11) is 2.06. The molecule has 0 N–H and O–H groups in total. The van der Waals surface area contributed by atoms with Crippen LogP contribution in [-0.4, -0.2) is 30.1 Å². The van der Waals surface area contributed by atoms with Crippen LogP contribution in [0.15, 0.2) is 48.8 Å². The fraction of sp³-hybridized carbons (Fsp3) is 0.267. The molecule has 0 bridgehead atoms. The summed E-state index contributed by atoms with van der Waals surface area (Å²) >= 11 is 5.90. The Morgan fingerprint density at radius 2 is 2.16 bits per heavy atom. The Morgan fingerprint density at radius 1 is 1.26 bits per heavy atom. The van der Waals surface area contributed by atoms with Gasteiger partial charge < -0.3 is 4.74 Å². The number of aromatic nitrogens is 1. The number of hydrogen-bond donors (Lipinski definition) is 0. The van der Waals surface area contributed by atoms with Gasteiger partial charge >= 0.3 is 0 Å². The van der Waals surface area contributed by atoms with Crippen molar-refractivity contribution in [2.45, 2.75) is 6.54 Å². The monoisotopic (exact) mass is 276 g/mol. The molecule has 0 fully saturated rings. The molecule has 0 spiro atoms. The standard InChI is InChI=1S/C15H17ClN2O/c1-18(12-13-4-3-7-17-11-13)8-9-19-15-6-2-5-14(16)10-15/h2-7,10-11H,8-9,12H2,1H3. The van der Waals surface area contributed by atoms with E-state index in [1.807, 2.05) is 36.5 Å². The van der Waals surface area contributed by atoms with Crippen molar-refractivity contribution in [2.75, 3.05) is 20.2 Å². The first-order valence-electron chi connectivity index (χ1n) is 6.20. The average Bonchev–Trinajstić information content (AvgIpc) is 2.40. The third kappa shape index (κ3) is 4.89. The van der Waals surface area contributed by atoms with Crippen LogP contribution in [0.1, 0.15) is 5.56 Å². The number of rotatable bonds is 6. The van der Waals surface area contributed by atoms with E-state index in [4.69, 9.17) is 16.3 Å². The Bertz CT molecular complexity index is 505. The molecule has 0 unspecified atom stereocenters. The third-order valence-corrected chi connectivity index (χ3v) is 2.95. The van der Waals surface area contributed by atoms with Crippen LogP contribution in [0.4, 0.5) is 0 Å². The first-order chi connectivity index (χ1) is 9.24. The largest absolute Gasteiger partial charge is 0.492 e. The van der Waals surface area contributed by atoms with Gasteiger partial charge in [-0.25, -0.2) is 0 Å². The maximum absolute atomic E-state index is 5.90. The third-order valence-electron chi connectivity index (χ3n) is 2.71. The van der Waals surface area contributed by atoms with Gasteiger partial charge in [0.15, 0.2) is 0 Å². The minimum Gasteiger partial charge on any atom is -0.492 e. The van der Waals surface area contributed by atoms with Crippen molar-refractivity contribution < 1.29 is 4.74 Å². The van der Waals surface area contributed by atoms with Crippen LogP contribution in [0.25, 0.3) is 0 Å². The lowest BCUT2D eigenvalue weighted by Gasteiger charge is -2.16. The summed E-state index contributed by atoms with van der Waals surface area (Å²) in [5.41, 5.74) is 1.20. The fourth-order valence-corrected chi connectivity index (χ4v) is 1.94. The van der Waals surface area contributed by atoms with Crippen molar-refractivity contribution in [3.8, 4) is 5.75 Å². The molecule has 0 aliphatic carbocycles. The number of benzene rings is 1. The van der Waals surface area contributed by atoms with Gasteiger partial charge in [-0.05, 0) is 36.9 Å². The Balaban J connectivity index is 1.73. The Kier molecular flexibility index (Phi) is 5.19. The lowest BCUT2D eigenvalue weighted by molar-refractivity contribution is 0.233. The fourth-order valence-electron chi connectivity index (χ4n) is 1.76. The summed E-state index contributed by atoms with van der Waals surface area (Å²) in [4.78, 5) is 6.30. The molecule has 0 radical (unpaired) electrons. The van der Waals surface area contributed by atoms with E-state index in [0.29, 0.717) is 11.6 Å². The minimum atomic E-state index is 0.636. The highest BCUT2D eigenvalue weighted by Crippen LogP contribution is 2.16. The van der Waals surface area contributed by atoms with Gasteiger partial charge in [0.25, 0.3) is 0 Å². The molecule has 0 aliphatic heterocycles. The molecule has 3 nitrogen and oxygen atoms in total. The van der Waals surface area contributed by atoms with Crippen LogP contribution >= 0.6 is 11.6 Å². The topological polar surface area (TPSA) is 25.4 Å². The van der Waals surface area contributed by atoms with Crippen LogP contribution in [0.5, 0.6) is 5.75 Å². The van der Waals surface area contributed by atoms with Crippen LogP contribution in [0, 0.1) is 0 Å². The van der Waals surface area contributed by atoms with Gasteiger partial charge in [0.05, 0.1) is 0 Å². The highest BCUT2D eigenvalue weighted by atomic mass is 35.5. The van der Waals surface area contributed by atoms with Crippen molar-refractivity contribution in [1.82, 2.24) is 9.88 Å². The zero-order valence-electron chi connectivity index (χ0n) is 10.9. The summed E-state index contributed by atoms with van der Waals surface area (Å²) < 4.78 is 5.65. The van der Waals surface area contributed by atoms with Crippen LogP contribution in [-0.2, 0) is 6.54 Å². The van der Waals surface area contributed by atoms with E-state index < -0.39 is 0 Å². The van der Waals surface area contributed by atoms with Gasteiger partial charge in [-0.15, -0.1) is 0 Å². The van der Waals surface area contributed by atoms with E-state index in [1.165, 1.54) is 5.56 Å². The number of halogens is 1. The number of hydrogen-bond acceptors (Lipinski definition) is 3. The summed E-state index contributed by atoms with van der Waals surface area (Å²) in [5.74, 6) is 0.808. The normalized spacial score (nSPS) is 10.7. The second-order valence-corrected chi connectivity index (χ2v) is 4.84. The molecule has 4 heteroatoms. The molecule has 1 aromatic heterocycles. The zero-order chi connectivity index (χ0) is 13.5. The second-order valence-electron chi connectivity index (χ2n) is 4.40. The smallest absolute Gasteiger partial charge is 0.120 e. The zero-order valence-corrected chi connectivity index (χ0v) is 11.7. The molecule has 2 rings (SSSR count). The van der Waals surface area contributed by atoms with E-state index in [-0.39, 0.29) is 0 Å². The average molecular weight is 277 g/mol. The van der Waals surface area contributed by atoms with Gasteiger partial charge in [-0.3, -0.25) is 9.88 Å². The van der Waals surface area contributed by atoms with Gasteiger partial charge in [-0.2, -0.15) is 0 Å². The van der Waals surface area contributed by atoms with Crippen LogP contribution < -0.4 is 4.74 Å². The first-order valence-corrected chi connectivity index (χ1v) is 6.57. The SMILES string of the molecule is CN(CCOc1cccc(Cl)c1)Cc1cccnc1. The van der Waals surface area contributed by atoms with Crippen LogP contribution in [0.3, 0.4) is 0 Å². The molecule has 0 atom stereocenters. The maximum atomic E-state index is 5.90. The molecule has 1 aromatic carbocycles. The van der Waals surface area contributed by atoms with Gasteiger partial charge in [-0.1, -0.05) is 23.7 Å².